The molecule has 0 aromatic carbocycles. The standard InChI is InChI=1S/C15H23NO5S/c1-3-12(17)15(21)22-9-10(2)14(20)16(8-13(18)19)11-6-4-5-7-11/h10-11H,3-9H2,1-2H3,(H,18,19). The van der Waals surface area contributed by atoms with Gasteiger partial charge in [0.25, 0.3) is 5.12 Å². The first-order valence-electron chi connectivity index (χ1n) is 7.59. The van der Waals surface area contributed by atoms with Gasteiger partial charge in [-0.2, -0.15) is 0 Å². The normalized spacial score (nSPS) is 16.3. The Hall–Kier alpha value is -1.37. The SMILES string of the molecule is CCC(=O)C(=O)SCC(C)C(=O)N(CC(=O)O)C1CCCC1. The van der Waals surface area contributed by atoms with Gasteiger partial charge in [0.2, 0.25) is 11.7 Å². The van der Waals surface area contributed by atoms with E-state index < -0.39 is 22.8 Å². The molecule has 1 N–H and O–H groups in total. The number of carbonyl (C=O) groups excluding carboxylic acids is 3. The molecule has 0 aromatic heterocycles. The molecule has 1 unspecified atom stereocenters. The molecular formula is C15H23NO5S. The molecule has 0 radical (unpaired) electrons. The molecule has 1 aliphatic carbocycles. The molecule has 1 rings (SSSR count). The number of carbonyl (C=O) groups is 4. The van der Waals surface area contributed by atoms with Gasteiger partial charge in [-0.05, 0) is 12.8 Å². The zero-order valence-electron chi connectivity index (χ0n) is 13.0. The van der Waals surface area contributed by atoms with Crippen LogP contribution in [0.1, 0.15) is 46.0 Å². The average molecular weight is 329 g/mol. The maximum atomic E-state index is 12.5. The van der Waals surface area contributed by atoms with Gasteiger partial charge in [-0.1, -0.05) is 38.5 Å². The zero-order valence-corrected chi connectivity index (χ0v) is 13.9. The van der Waals surface area contributed by atoms with Crippen LogP contribution in [0, 0.1) is 5.92 Å². The van der Waals surface area contributed by atoms with Crippen molar-refractivity contribution in [3.8, 4) is 0 Å². The Kier molecular flexibility index (Phi) is 7.58. The van der Waals surface area contributed by atoms with Crippen LogP contribution in [0.15, 0.2) is 0 Å². The van der Waals surface area contributed by atoms with Crippen molar-refractivity contribution in [3.05, 3.63) is 0 Å². The van der Waals surface area contributed by atoms with Gasteiger partial charge in [0.1, 0.15) is 6.54 Å². The number of ketones is 1. The summed E-state index contributed by atoms with van der Waals surface area (Å²) in [5.41, 5.74) is 0. The first kappa shape index (κ1) is 18.7. The minimum atomic E-state index is -1.03. The van der Waals surface area contributed by atoms with Gasteiger partial charge in [-0.15, -0.1) is 0 Å². The van der Waals surface area contributed by atoms with E-state index in [1.54, 1.807) is 13.8 Å². The molecule has 0 aromatic rings. The highest BCUT2D eigenvalue weighted by Gasteiger charge is 2.31. The molecule has 0 bridgehead atoms. The number of hydrogen-bond donors (Lipinski definition) is 1. The summed E-state index contributed by atoms with van der Waals surface area (Å²) in [6.07, 6.45) is 3.81. The van der Waals surface area contributed by atoms with E-state index in [2.05, 4.69) is 0 Å². The number of aliphatic carboxylic acids is 1. The minimum Gasteiger partial charge on any atom is -0.480 e. The van der Waals surface area contributed by atoms with Gasteiger partial charge in [0.05, 0.1) is 0 Å². The predicted molar refractivity (Wildman–Crippen MR) is 83.5 cm³/mol. The number of Topliss-reactive ketones (excluding diaryl/α,β-unsaturated/α-hetero) is 1. The van der Waals surface area contributed by atoms with Crippen molar-refractivity contribution in [2.24, 2.45) is 5.92 Å². The Labute approximate surface area is 134 Å². The van der Waals surface area contributed by atoms with E-state index in [1.165, 1.54) is 4.90 Å². The number of carboxylic acid groups (broad SMARTS) is 1. The highest BCUT2D eigenvalue weighted by molar-refractivity contribution is 8.15. The van der Waals surface area contributed by atoms with E-state index >= 15 is 0 Å². The van der Waals surface area contributed by atoms with E-state index in [9.17, 15) is 19.2 Å². The number of carboxylic acids is 1. The third-order valence-corrected chi connectivity index (χ3v) is 4.95. The summed E-state index contributed by atoms with van der Waals surface area (Å²) in [7, 11) is 0. The lowest BCUT2D eigenvalue weighted by Crippen LogP contribution is -2.45. The summed E-state index contributed by atoms with van der Waals surface area (Å²) in [6.45, 7) is 2.98. The van der Waals surface area contributed by atoms with Crippen LogP contribution in [-0.2, 0) is 19.2 Å². The summed E-state index contributed by atoms with van der Waals surface area (Å²) < 4.78 is 0. The van der Waals surface area contributed by atoms with Gasteiger partial charge in [-0.25, -0.2) is 0 Å². The summed E-state index contributed by atoms with van der Waals surface area (Å²) >= 11 is 0.841. The number of nitrogens with zero attached hydrogens (tertiary/aromatic N) is 1. The van der Waals surface area contributed by atoms with Crippen LogP contribution in [0.2, 0.25) is 0 Å². The van der Waals surface area contributed by atoms with Crippen LogP contribution in [-0.4, -0.2) is 51.1 Å². The summed E-state index contributed by atoms with van der Waals surface area (Å²) in [4.78, 5) is 47.6. The number of rotatable bonds is 8. The lowest BCUT2D eigenvalue weighted by atomic mass is 10.1. The van der Waals surface area contributed by atoms with Crippen LogP contribution in [0.25, 0.3) is 0 Å². The van der Waals surface area contributed by atoms with Crippen LogP contribution in [0.5, 0.6) is 0 Å². The minimum absolute atomic E-state index is 0.0241. The fourth-order valence-corrected chi connectivity index (χ4v) is 3.38. The molecule has 1 saturated carbocycles. The first-order valence-corrected chi connectivity index (χ1v) is 8.57. The van der Waals surface area contributed by atoms with Gasteiger partial charge < -0.3 is 10.0 Å². The predicted octanol–water partition coefficient (Wildman–Crippen LogP) is 1.72. The van der Waals surface area contributed by atoms with Gasteiger partial charge >= 0.3 is 5.97 Å². The highest BCUT2D eigenvalue weighted by Crippen LogP contribution is 2.25. The fraction of sp³-hybridized carbons (Fsp3) is 0.733. The molecule has 124 valence electrons. The third kappa shape index (κ3) is 5.44. The Morgan fingerprint density at radius 1 is 1.23 bits per heavy atom. The molecule has 1 fully saturated rings. The second-order valence-corrected chi connectivity index (χ2v) is 6.57. The second kappa shape index (κ2) is 8.92. The van der Waals surface area contributed by atoms with Gasteiger partial charge in [0.15, 0.2) is 0 Å². The van der Waals surface area contributed by atoms with Crippen molar-refractivity contribution in [1.29, 1.82) is 0 Å². The van der Waals surface area contributed by atoms with Crippen LogP contribution >= 0.6 is 11.8 Å². The third-order valence-electron chi connectivity index (χ3n) is 3.79. The Balaban J connectivity index is 2.61. The summed E-state index contributed by atoms with van der Waals surface area (Å²) in [5, 5.41) is 8.47. The van der Waals surface area contributed by atoms with Crippen molar-refractivity contribution < 1.29 is 24.3 Å². The van der Waals surface area contributed by atoms with E-state index in [0.29, 0.717) is 0 Å². The number of hydrogen-bond acceptors (Lipinski definition) is 5. The van der Waals surface area contributed by atoms with Crippen LogP contribution in [0.3, 0.4) is 0 Å². The zero-order chi connectivity index (χ0) is 16.7. The quantitative estimate of drug-likeness (QED) is 0.682. The largest absolute Gasteiger partial charge is 0.480 e. The van der Waals surface area contributed by atoms with Crippen molar-refractivity contribution in [2.75, 3.05) is 12.3 Å². The van der Waals surface area contributed by atoms with Crippen LogP contribution in [0.4, 0.5) is 0 Å². The average Bonchev–Trinajstić information content (AvgIpc) is 3.02. The summed E-state index contributed by atoms with van der Waals surface area (Å²) in [5.74, 6) is -2.02. The van der Waals surface area contributed by atoms with Gasteiger partial charge in [0, 0.05) is 24.1 Å². The molecule has 1 aliphatic rings. The smallest absolute Gasteiger partial charge is 0.323 e. The lowest BCUT2D eigenvalue weighted by Gasteiger charge is -2.29. The molecule has 0 heterocycles. The van der Waals surface area contributed by atoms with Crippen molar-refractivity contribution in [1.82, 2.24) is 4.90 Å². The van der Waals surface area contributed by atoms with Crippen molar-refractivity contribution in [3.63, 3.8) is 0 Å². The van der Waals surface area contributed by atoms with E-state index in [1.807, 2.05) is 0 Å². The van der Waals surface area contributed by atoms with Gasteiger partial charge in [-0.3, -0.25) is 19.2 Å². The summed E-state index contributed by atoms with van der Waals surface area (Å²) in [6, 6.07) is -0.0241. The molecule has 0 aliphatic heterocycles. The maximum absolute atomic E-state index is 12.5. The lowest BCUT2D eigenvalue weighted by molar-refractivity contribution is -0.147. The molecule has 6 nitrogen and oxygen atoms in total. The topological polar surface area (TPSA) is 91.8 Å². The Bertz CT molecular complexity index is 445. The Morgan fingerprint density at radius 3 is 2.32 bits per heavy atom. The highest BCUT2D eigenvalue weighted by atomic mass is 32.2. The molecule has 1 amide bonds. The Morgan fingerprint density at radius 2 is 1.82 bits per heavy atom. The number of amides is 1. The molecule has 0 saturated heterocycles. The van der Waals surface area contributed by atoms with E-state index in [-0.39, 0.29) is 30.7 Å². The molecule has 0 spiro atoms. The van der Waals surface area contributed by atoms with E-state index in [4.69, 9.17) is 5.11 Å². The fourth-order valence-electron chi connectivity index (χ4n) is 2.53. The van der Waals surface area contributed by atoms with Crippen LogP contribution < -0.4 is 0 Å². The molecular weight excluding hydrogens is 306 g/mol. The molecule has 7 heteroatoms. The van der Waals surface area contributed by atoms with Crippen molar-refractivity contribution >= 4 is 34.5 Å². The molecule has 1 atom stereocenters. The second-order valence-electron chi connectivity index (χ2n) is 5.57. The first-order chi connectivity index (χ1) is 10.4. The monoisotopic (exact) mass is 329 g/mol. The van der Waals surface area contributed by atoms with E-state index in [0.717, 1.165) is 37.4 Å². The number of thioether (sulfide) groups is 1. The molecule has 22 heavy (non-hydrogen) atoms. The van der Waals surface area contributed by atoms with Crippen molar-refractivity contribution in [2.45, 2.75) is 52.0 Å². The maximum Gasteiger partial charge on any atom is 0.323 e.